The highest BCUT2D eigenvalue weighted by Gasteiger charge is 2.22. The summed E-state index contributed by atoms with van der Waals surface area (Å²) in [5.74, 6) is -0.129. The zero-order chi connectivity index (χ0) is 18.7. The maximum atomic E-state index is 12.4. The van der Waals surface area contributed by atoms with Gasteiger partial charge in [0.05, 0.1) is 6.54 Å². The molecule has 5 nitrogen and oxygen atoms in total. The maximum absolute atomic E-state index is 12.4. The van der Waals surface area contributed by atoms with Crippen LogP contribution in [0.15, 0.2) is 48.5 Å². The van der Waals surface area contributed by atoms with Gasteiger partial charge in [-0.2, -0.15) is 0 Å². The number of nitrogens with zero attached hydrogens (tertiary/aromatic N) is 1. The van der Waals surface area contributed by atoms with Crippen molar-refractivity contribution in [1.29, 1.82) is 0 Å². The van der Waals surface area contributed by atoms with Gasteiger partial charge in [0.15, 0.2) is 0 Å². The summed E-state index contributed by atoms with van der Waals surface area (Å²) in [6.07, 6.45) is 0.970. The van der Waals surface area contributed by atoms with E-state index in [1.807, 2.05) is 51.1 Å². The molecule has 0 unspecified atom stereocenters. The largest absolute Gasteiger partial charge is 0.362 e. The van der Waals surface area contributed by atoms with E-state index in [9.17, 15) is 9.59 Å². The van der Waals surface area contributed by atoms with Gasteiger partial charge in [0, 0.05) is 29.0 Å². The molecule has 1 aliphatic heterocycles. The molecule has 2 aromatic rings. The lowest BCUT2D eigenvalue weighted by Gasteiger charge is -2.19. The van der Waals surface area contributed by atoms with E-state index in [0.717, 1.165) is 18.7 Å². The van der Waals surface area contributed by atoms with Crippen molar-refractivity contribution >= 4 is 28.9 Å². The number of rotatable bonds is 4. The van der Waals surface area contributed by atoms with Crippen LogP contribution in [0.3, 0.4) is 0 Å². The van der Waals surface area contributed by atoms with Gasteiger partial charge in [0.1, 0.15) is 0 Å². The molecule has 26 heavy (non-hydrogen) atoms. The average Bonchev–Trinajstić information content (AvgIpc) is 2.97. The molecule has 2 amide bonds. The smallest absolute Gasteiger partial charge is 0.243 e. The number of nitrogens with one attached hydrogen (secondary N) is 2. The number of hydrogen-bond donors (Lipinski definition) is 2. The molecule has 0 saturated carbocycles. The van der Waals surface area contributed by atoms with Crippen LogP contribution in [0.4, 0.5) is 17.1 Å². The van der Waals surface area contributed by atoms with Gasteiger partial charge in [-0.1, -0.05) is 45.0 Å². The Hall–Kier alpha value is -2.82. The second-order valence-electron chi connectivity index (χ2n) is 7.63. The Labute approximate surface area is 154 Å². The molecule has 0 saturated heterocycles. The van der Waals surface area contributed by atoms with E-state index in [1.54, 1.807) is 6.07 Å². The summed E-state index contributed by atoms with van der Waals surface area (Å²) in [6.45, 7) is 6.76. The van der Waals surface area contributed by atoms with Crippen molar-refractivity contribution in [2.45, 2.75) is 27.2 Å². The van der Waals surface area contributed by atoms with E-state index in [0.29, 0.717) is 17.9 Å². The van der Waals surface area contributed by atoms with Gasteiger partial charge in [0.25, 0.3) is 0 Å². The number of anilines is 3. The first-order valence-corrected chi connectivity index (χ1v) is 8.87. The quantitative estimate of drug-likeness (QED) is 0.883. The topological polar surface area (TPSA) is 61.4 Å². The molecule has 0 bridgehead atoms. The van der Waals surface area contributed by atoms with Crippen LogP contribution in [0.25, 0.3) is 0 Å². The van der Waals surface area contributed by atoms with Crippen LogP contribution in [0.2, 0.25) is 0 Å². The molecular formula is C21H25N3O2. The zero-order valence-electron chi connectivity index (χ0n) is 15.5. The summed E-state index contributed by atoms with van der Waals surface area (Å²) in [7, 11) is 0. The second-order valence-corrected chi connectivity index (χ2v) is 7.63. The fraction of sp³-hybridized carbons (Fsp3) is 0.333. The van der Waals surface area contributed by atoms with Crippen molar-refractivity contribution in [1.82, 2.24) is 0 Å². The van der Waals surface area contributed by atoms with Gasteiger partial charge in [0.2, 0.25) is 11.8 Å². The maximum Gasteiger partial charge on any atom is 0.243 e. The van der Waals surface area contributed by atoms with Crippen LogP contribution in [0.5, 0.6) is 0 Å². The fourth-order valence-electron chi connectivity index (χ4n) is 2.94. The number of carbonyl (C=O) groups is 2. The zero-order valence-corrected chi connectivity index (χ0v) is 15.5. The van der Waals surface area contributed by atoms with Crippen LogP contribution in [0.1, 0.15) is 26.3 Å². The predicted octanol–water partition coefficient (Wildman–Crippen LogP) is 3.67. The van der Waals surface area contributed by atoms with Crippen molar-refractivity contribution in [2.75, 3.05) is 28.6 Å². The van der Waals surface area contributed by atoms with E-state index in [1.165, 1.54) is 5.56 Å². The average molecular weight is 351 g/mol. The Kier molecular flexibility index (Phi) is 4.98. The van der Waals surface area contributed by atoms with Crippen LogP contribution in [-0.4, -0.2) is 24.9 Å². The third kappa shape index (κ3) is 4.23. The Bertz CT molecular complexity index is 824. The molecule has 0 radical (unpaired) electrons. The fourth-order valence-corrected chi connectivity index (χ4v) is 2.94. The monoisotopic (exact) mass is 351 g/mol. The van der Waals surface area contributed by atoms with Crippen molar-refractivity contribution in [3.8, 4) is 0 Å². The third-order valence-corrected chi connectivity index (χ3v) is 4.40. The standard InChI is InChI=1S/C21H25N3O2/c1-21(2,3)20(26)23-17-9-6-8-16(13-17)22-19(25)14-24-12-11-15-7-4-5-10-18(15)24/h4-10,13H,11-12,14H2,1-3H3,(H,22,25)(H,23,26). The molecule has 1 heterocycles. The molecule has 0 spiro atoms. The molecule has 0 aliphatic carbocycles. The molecule has 3 rings (SSSR count). The second kappa shape index (κ2) is 7.20. The Morgan fingerprint density at radius 3 is 2.42 bits per heavy atom. The SMILES string of the molecule is CC(C)(C)C(=O)Nc1cccc(NC(=O)CN2CCc3ccccc32)c1. The van der Waals surface area contributed by atoms with E-state index in [4.69, 9.17) is 0 Å². The normalized spacial score (nSPS) is 13.3. The van der Waals surface area contributed by atoms with Crippen LogP contribution >= 0.6 is 0 Å². The van der Waals surface area contributed by atoms with Crippen molar-refractivity contribution in [2.24, 2.45) is 5.41 Å². The van der Waals surface area contributed by atoms with Gasteiger partial charge >= 0.3 is 0 Å². The van der Waals surface area contributed by atoms with Gasteiger partial charge in [-0.05, 0) is 36.2 Å². The number of carbonyl (C=O) groups excluding carboxylic acids is 2. The summed E-state index contributed by atoms with van der Waals surface area (Å²) in [5.41, 5.74) is 3.30. The van der Waals surface area contributed by atoms with Crippen molar-refractivity contribution < 1.29 is 9.59 Å². The molecule has 1 aliphatic rings. The number of para-hydroxylation sites is 1. The first-order chi connectivity index (χ1) is 12.3. The lowest BCUT2D eigenvalue weighted by molar-refractivity contribution is -0.123. The summed E-state index contributed by atoms with van der Waals surface area (Å²) in [5, 5.41) is 5.80. The van der Waals surface area contributed by atoms with E-state index < -0.39 is 5.41 Å². The van der Waals surface area contributed by atoms with E-state index in [2.05, 4.69) is 27.7 Å². The lowest BCUT2D eigenvalue weighted by atomic mass is 9.95. The molecule has 136 valence electrons. The molecule has 0 fully saturated rings. The lowest BCUT2D eigenvalue weighted by Crippen LogP contribution is -2.32. The van der Waals surface area contributed by atoms with Crippen molar-refractivity contribution in [3.63, 3.8) is 0 Å². The Morgan fingerprint density at radius 2 is 1.69 bits per heavy atom. The minimum Gasteiger partial charge on any atom is -0.362 e. The predicted molar refractivity (Wildman–Crippen MR) is 106 cm³/mol. The molecule has 2 N–H and O–H groups in total. The van der Waals surface area contributed by atoms with Crippen LogP contribution in [0, 0.1) is 5.41 Å². The number of hydrogen-bond acceptors (Lipinski definition) is 3. The Morgan fingerprint density at radius 1 is 1.00 bits per heavy atom. The van der Waals surface area contributed by atoms with Gasteiger partial charge in [-0.15, -0.1) is 0 Å². The summed E-state index contributed by atoms with van der Waals surface area (Å²) < 4.78 is 0. The summed E-state index contributed by atoms with van der Waals surface area (Å²) in [6, 6.07) is 15.4. The van der Waals surface area contributed by atoms with E-state index >= 15 is 0 Å². The minimum atomic E-state index is -0.470. The molecule has 2 aromatic carbocycles. The van der Waals surface area contributed by atoms with Gasteiger partial charge in [-0.25, -0.2) is 0 Å². The highest BCUT2D eigenvalue weighted by molar-refractivity contribution is 5.97. The molecule has 0 aromatic heterocycles. The molecule has 5 heteroatoms. The van der Waals surface area contributed by atoms with Crippen molar-refractivity contribution in [3.05, 3.63) is 54.1 Å². The Balaban J connectivity index is 1.62. The highest BCUT2D eigenvalue weighted by atomic mass is 16.2. The summed E-state index contributed by atoms with van der Waals surface area (Å²) >= 11 is 0. The van der Waals surface area contributed by atoms with Crippen LogP contribution in [-0.2, 0) is 16.0 Å². The minimum absolute atomic E-state index is 0.0605. The third-order valence-electron chi connectivity index (χ3n) is 4.40. The number of benzene rings is 2. The molecular weight excluding hydrogens is 326 g/mol. The van der Waals surface area contributed by atoms with Crippen LogP contribution < -0.4 is 15.5 Å². The molecule has 0 atom stereocenters. The number of fused-ring (bicyclic) bond motifs is 1. The number of amides is 2. The first-order valence-electron chi connectivity index (χ1n) is 8.87. The van der Waals surface area contributed by atoms with Gasteiger partial charge in [-0.3, -0.25) is 9.59 Å². The van der Waals surface area contributed by atoms with E-state index in [-0.39, 0.29) is 11.8 Å². The highest BCUT2D eigenvalue weighted by Crippen LogP contribution is 2.27. The first kappa shape index (κ1) is 18.0. The summed E-state index contributed by atoms with van der Waals surface area (Å²) in [4.78, 5) is 26.6. The van der Waals surface area contributed by atoms with Gasteiger partial charge < -0.3 is 15.5 Å².